The second kappa shape index (κ2) is 8.57. The second-order valence-corrected chi connectivity index (χ2v) is 6.77. The minimum atomic E-state index is -0.637. The van der Waals surface area contributed by atoms with Gasteiger partial charge in [0.15, 0.2) is 21.3 Å². The number of rotatable bonds is 8. The lowest BCUT2D eigenvalue weighted by atomic mass is 10.1. The zero-order chi connectivity index (χ0) is 13.4. The molecule has 0 aliphatic carbocycles. The van der Waals surface area contributed by atoms with E-state index in [9.17, 15) is 4.55 Å². The Hall–Kier alpha value is -0.510. The Bertz CT molecular complexity index is 339. The summed E-state index contributed by atoms with van der Waals surface area (Å²) in [7, 11) is 0. The van der Waals surface area contributed by atoms with E-state index in [0.717, 1.165) is 37.4 Å². The highest BCUT2D eigenvalue weighted by Gasteiger charge is 2.24. The third kappa shape index (κ3) is 5.42. The third-order valence-corrected chi connectivity index (χ3v) is 4.32. The Kier molecular flexibility index (Phi) is 7.40. The quantitative estimate of drug-likeness (QED) is 0.573. The zero-order valence-electron chi connectivity index (χ0n) is 11.7. The number of aryl methyl sites for hydroxylation is 1. The molecule has 0 bridgehead atoms. The van der Waals surface area contributed by atoms with Gasteiger partial charge in [-0.15, -0.1) is 0 Å². The average Bonchev–Trinajstić information content (AvgIpc) is 2.38. The maximum absolute atomic E-state index is 10.1. The molecule has 0 aliphatic rings. The number of hydrogen-bond acceptors (Lipinski definition) is 2. The fourth-order valence-electron chi connectivity index (χ4n) is 1.73. The molecule has 0 fully saturated rings. The molecule has 0 saturated heterocycles. The van der Waals surface area contributed by atoms with E-state index < -0.39 is 11.2 Å². The van der Waals surface area contributed by atoms with Crippen LogP contribution >= 0.6 is 0 Å². The highest BCUT2D eigenvalue weighted by molar-refractivity contribution is 7.92. The van der Waals surface area contributed by atoms with Gasteiger partial charge in [-0.05, 0) is 50.8 Å². The topological polar surface area (TPSA) is 29.5 Å². The van der Waals surface area contributed by atoms with Crippen LogP contribution in [0.15, 0.2) is 29.2 Å². The van der Waals surface area contributed by atoms with Crippen LogP contribution in [0.2, 0.25) is 0 Å². The van der Waals surface area contributed by atoms with Gasteiger partial charge in [0.1, 0.15) is 0 Å². The van der Waals surface area contributed by atoms with Gasteiger partial charge in [-0.2, -0.15) is 4.55 Å². The van der Waals surface area contributed by atoms with Crippen LogP contribution in [0.5, 0.6) is 0 Å². The average molecular weight is 269 g/mol. The molecular weight excluding hydrogens is 244 g/mol. The summed E-state index contributed by atoms with van der Waals surface area (Å²) in [6.07, 6.45) is 3.15. The van der Waals surface area contributed by atoms with Crippen molar-refractivity contribution in [2.24, 2.45) is 0 Å². The van der Waals surface area contributed by atoms with Crippen LogP contribution in [0.4, 0.5) is 0 Å². The van der Waals surface area contributed by atoms with Crippen LogP contribution in [-0.2, 0) is 22.3 Å². The first-order chi connectivity index (χ1) is 8.65. The molecule has 1 atom stereocenters. The van der Waals surface area contributed by atoms with Crippen molar-refractivity contribution in [1.82, 2.24) is 0 Å². The lowest BCUT2D eigenvalue weighted by Gasteiger charge is -2.06. The molecule has 1 unspecified atom stereocenters. The normalized spacial score (nSPS) is 12.9. The molecule has 0 heterocycles. The van der Waals surface area contributed by atoms with Crippen LogP contribution in [-0.4, -0.2) is 23.0 Å². The van der Waals surface area contributed by atoms with Crippen molar-refractivity contribution in [3.63, 3.8) is 0 Å². The Balaban J connectivity index is 2.44. The van der Waals surface area contributed by atoms with Crippen LogP contribution in [0, 0.1) is 0 Å². The van der Waals surface area contributed by atoms with Gasteiger partial charge in [0.2, 0.25) is 0 Å². The molecule has 1 N–H and O–H groups in total. The smallest absolute Gasteiger partial charge is 0.190 e. The summed E-state index contributed by atoms with van der Waals surface area (Å²) in [5, 5.41) is 0.285. The molecular formula is C15H25O2S+. The lowest BCUT2D eigenvalue weighted by Crippen LogP contribution is -2.13. The van der Waals surface area contributed by atoms with Crippen molar-refractivity contribution < 1.29 is 9.29 Å². The molecule has 2 nitrogen and oxygen atoms in total. The van der Waals surface area contributed by atoms with E-state index in [0.29, 0.717) is 0 Å². The zero-order valence-corrected chi connectivity index (χ0v) is 12.5. The monoisotopic (exact) mass is 269 g/mol. The molecule has 0 spiro atoms. The Morgan fingerprint density at radius 3 is 2.72 bits per heavy atom. The van der Waals surface area contributed by atoms with Crippen molar-refractivity contribution >= 4 is 11.2 Å². The molecule has 18 heavy (non-hydrogen) atoms. The minimum Gasteiger partial charge on any atom is -0.381 e. The van der Waals surface area contributed by atoms with E-state index in [2.05, 4.69) is 19.1 Å². The van der Waals surface area contributed by atoms with Crippen LogP contribution < -0.4 is 0 Å². The first-order valence-corrected chi connectivity index (χ1v) is 7.98. The van der Waals surface area contributed by atoms with Gasteiger partial charge in [0.05, 0.1) is 0 Å². The maximum atomic E-state index is 10.1. The summed E-state index contributed by atoms with van der Waals surface area (Å²) in [5.41, 5.74) is 1.29. The van der Waals surface area contributed by atoms with Crippen molar-refractivity contribution in [1.29, 1.82) is 0 Å². The summed E-state index contributed by atoms with van der Waals surface area (Å²) < 4.78 is 15.5. The van der Waals surface area contributed by atoms with Gasteiger partial charge in [0.25, 0.3) is 0 Å². The van der Waals surface area contributed by atoms with Gasteiger partial charge in [-0.1, -0.05) is 19.1 Å². The molecule has 1 rings (SSSR count). The summed E-state index contributed by atoms with van der Waals surface area (Å²) in [6.45, 7) is 7.90. The number of hydrogen-bond donors (Lipinski definition) is 1. The van der Waals surface area contributed by atoms with Crippen molar-refractivity contribution in [3.05, 3.63) is 29.8 Å². The molecule has 102 valence electrons. The largest absolute Gasteiger partial charge is 0.381 e. The fraction of sp³-hybridized carbons (Fsp3) is 0.600. The Morgan fingerprint density at radius 1 is 1.28 bits per heavy atom. The lowest BCUT2D eigenvalue weighted by molar-refractivity contribution is 0.132. The second-order valence-electron chi connectivity index (χ2n) is 4.73. The van der Waals surface area contributed by atoms with Crippen molar-refractivity contribution in [2.75, 3.05) is 13.2 Å². The molecule has 0 saturated carbocycles. The van der Waals surface area contributed by atoms with Gasteiger partial charge in [-0.3, -0.25) is 0 Å². The van der Waals surface area contributed by atoms with E-state index in [1.54, 1.807) is 0 Å². The first kappa shape index (κ1) is 15.5. The summed E-state index contributed by atoms with van der Waals surface area (Å²) >= 11 is -0.637. The molecule has 1 aromatic rings. The maximum Gasteiger partial charge on any atom is 0.190 e. The van der Waals surface area contributed by atoms with Gasteiger partial charge in [0, 0.05) is 13.2 Å². The highest BCUT2D eigenvalue weighted by atomic mass is 32.2. The SMILES string of the molecule is CCCOCCCc1cccc([S+](O)C(C)C)c1. The van der Waals surface area contributed by atoms with Gasteiger partial charge >= 0.3 is 0 Å². The van der Waals surface area contributed by atoms with Crippen molar-refractivity contribution in [3.8, 4) is 0 Å². The van der Waals surface area contributed by atoms with Crippen LogP contribution in [0.3, 0.4) is 0 Å². The Morgan fingerprint density at radius 2 is 2.06 bits per heavy atom. The summed E-state index contributed by atoms with van der Waals surface area (Å²) in [5.74, 6) is 0. The first-order valence-electron chi connectivity index (χ1n) is 6.74. The standard InChI is InChI=1S/C15H25O2S/c1-4-10-17-11-6-8-14-7-5-9-15(12-14)18(16)13(2)3/h5,7,9,12-13,16H,4,6,8,10-11H2,1-3H3/q+1. The van der Waals surface area contributed by atoms with E-state index in [-0.39, 0.29) is 5.25 Å². The van der Waals surface area contributed by atoms with Crippen LogP contribution in [0.1, 0.15) is 39.2 Å². The number of benzene rings is 1. The predicted molar refractivity (Wildman–Crippen MR) is 79.3 cm³/mol. The molecule has 0 radical (unpaired) electrons. The van der Waals surface area contributed by atoms with E-state index in [1.807, 2.05) is 26.0 Å². The highest BCUT2D eigenvalue weighted by Crippen LogP contribution is 2.18. The molecule has 0 aromatic heterocycles. The fourth-order valence-corrected chi connectivity index (χ4v) is 2.76. The Labute approximate surface area is 114 Å². The number of ether oxygens (including phenoxy) is 1. The third-order valence-electron chi connectivity index (χ3n) is 2.69. The minimum absolute atomic E-state index is 0.285. The van der Waals surface area contributed by atoms with E-state index in [1.165, 1.54) is 5.56 Å². The molecule has 1 aromatic carbocycles. The van der Waals surface area contributed by atoms with Gasteiger partial charge in [-0.25, -0.2) is 0 Å². The summed E-state index contributed by atoms with van der Waals surface area (Å²) in [6, 6.07) is 8.31. The van der Waals surface area contributed by atoms with E-state index >= 15 is 0 Å². The van der Waals surface area contributed by atoms with Crippen molar-refractivity contribution in [2.45, 2.75) is 50.2 Å². The summed E-state index contributed by atoms with van der Waals surface area (Å²) in [4.78, 5) is 1.05. The molecule has 0 aliphatic heterocycles. The van der Waals surface area contributed by atoms with E-state index in [4.69, 9.17) is 4.74 Å². The van der Waals surface area contributed by atoms with Crippen LogP contribution in [0.25, 0.3) is 0 Å². The molecule has 0 amide bonds. The van der Waals surface area contributed by atoms with Gasteiger partial charge < -0.3 is 4.74 Å². The molecule has 3 heteroatoms. The predicted octanol–water partition coefficient (Wildman–Crippen LogP) is 3.90.